The topological polar surface area (TPSA) is 67.6 Å². The van der Waals surface area contributed by atoms with Gasteiger partial charge in [-0.2, -0.15) is 5.26 Å². The summed E-state index contributed by atoms with van der Waals surface area (Å²) in [4.78, 5) is 16.5. The molecule has 0 unspecified atom stereocenters. The molecule has 1 amide bonds. The van der Waals surface area contributed by atoms with E-state index in [4.69, 9.17) is 5.26 Å². The van der Waals surface area contributed by atoms with Crippen LogP contribution in [0.4, 0.5) is 0 Å². The molecule has 0 spiro atoms. The Kier molecular flexibility index (Phi) is 5.44. The smallest absolute Gasteiger partial charge is 0.253 e. The van der Waals surface area contributed by atoms with E-state index in [-0.39, 0.29) is 5.91 Å². The van der Waals surface area contributed by atoms with Crippen molar-refractivity contribution in [2.24, 2.45) is 0 Å². The molecule has 3 rings (SSSR count). The molecule has 5 nitrogen and oxygen atoms in total. The quantitative estimate of drug-likeness (QED) is 0.928. The second kappa shape index (κ2) is 7.93. The van der Waals surface area contributed by atoms with Crippen LogP contribution in [-0.4, -0.2) is 53.5 Å². The molecule has 1 atom stereocenters. The minimum absolute atomic E-state index is 0.0413. The van der Waals surface area contributed by atoms with Crippen molar-refractivity contribution >= 4 is 5.91 Å². The molecule has 1 aliphatic heterocycles. The zero-order valence-corrected chi connectivity index (χ0v) is 14.0. The highest BCUT2D eigenvalue weighted by Gasteiger charge is 2.23. The average molecular weight is 335 g/mol. The number of piperazine rings is 1. The van der Waals surface area contributed by atoms with E-state index in [1.165, 1.54) is 0 Å². The highest BCUT2D eigenvalue weighted by Crippen LogP contribution is 2.16. The standard InChI is InChI=1S/C20H21N3O2/c21-14-16-5-4-8-18(13-16)20(25)23-11-9-22(10-12-23)15-19(24)17-6-2-1-3-7-17/h1-8,13,19,24H,9-12,15H2/t19-/m0/s1. The number of carbonyl (C=O) groups excluding carboxylic acids is 1. The number of carbonyl (C=O) groups is 1. The summed E-state index contributed by atoms with van der Waals surface area (Å²) in [5.41, 5.74) is 1.96. The van der Waals surface area contributed by atoms with Crippen LogP contribution in [0, 0.1) is 11.3 Å². The molecular formula is C20H21N3O2. The highest BCUT2D eigenvalue weighted by molar-refractivity contribution is 5.94. The Balaban J connectivity index is 1.55. The van der Waals surface area contributed by atoms with Crippen LogP contribution < -0.4 is 0 Å². The molecule has 0 saturated carbocycles. The largest absolute Gasteiger partial charge is 0.387 e. The molecule has 5 heteroatoms. The third-order valence-electron chi connectivity index (χ3n) is 4.51. The molecule has 0 aliphatic carbocycles. The molecule has 1 heterocycles. The maximum atomic E-state index is 12.6. The third-order valence-corrected chi connectivity index (χ3v) is 4.51. The Morgan fingerprint density at radius 2 is 1.80 bits per heavy atom. The Bertz CT molecular complexity index is 762. The van der Waals surface area contributed by atoms with E-state index in [2.05, 4.69) is 11.0 Å². The average Bonchev–Trinajstić information content (AvgIpc) is 2.68. The number of aliphatic hydroxyl groups is 1. The molecule has 2 aromatic rings. The highest BCUT2D eigenvalue weighted by atomic mass is 16.3. The fourth-order valence-corrected chi connectivity index (χ4v) is 3.06. The van der Waals surface area contributed by atoms with Gasteiger partial charge < -0.3 is 10.0 Å². The number of nitriles is 1. The van der Waals surface area contributed by atoms with Gasteiger partial charge in [-0.3, -0.25) is 9.69 Å². The molecule has 1 N–H and O–H groups in total. The first-order valence-electron chi connectivity index (χ1n) is 8.42. The molecule has 1 aliphatic rings. The van der Waals surface area contributed by atoms with Gasteiger partial charge >= 0.3 is 0 Å². The van der Waals surface area contributed by atoms with Crippen molar-refractivity contribution in [1.82, 2.24) is 9.80 Å². The van der Waals surface area contributed by atoms with Gasteiger partial charge in [0.1, 0.15) is 0 Å². The van der Waals surface area contributed by atoms with Gasteiger partial charge in [-0.05, 0) is 23.8 Å². The maximum Gasteiger partial charge on any atom is 0.253 e. The summed E-state index contributed by atoms with van der Waals surface area (Å²) in [7, 11) is 0. The van der Waals surface area contributed by atoms with Crippen LogP contribution >= 0.6 is 0 Å². The van der Waals surface area contributed by atoms with Crippen molar-refractivity contribution in [3.05, 3.63) is 71.3 Å². The summed E-state index contributed by atoms with van der Waals surface area (Å²) >= 11 is 0. The van der Waals surface area contributed by atoms with Crippen LogP contribution in [0.2, 0.25) is 0 Å². The molecule has 0 aromatic heterocycles. The van der Waals surface area contributed by atoms with Crippen LogP contribution in [0.1, 0.15) is 27.6 Å². The van der Waals surface area contributed by atoms with Crippen molar-refractivity contribution in [3.63, 3.8) is 0 Å². The fraction of sp³-hybridized carbons (Fsp3) is 0.300. The lowest BCUT2D eigenvalue weighted by Gasteiger charge is -2.35. The first-order chi connectivity index (χ1) is 12.2. The van der Waals surface area contributed by atoms with Gasteiger partial charge in [0.05, 0.1) is 17.7 Å². The number of amides is 1. The number of β-amino-alcohol motifs (C(OH)–C–C–N with tert-alkyl or cyclic N) is 1. The molecular weight excluding hydrogens is 314 g/mol. The SMILES string of the molecule is N#Cc1cccc(C(=O)N2CCN(C[C@H](O)c3ccccc3)CC2)c1. The van der Waals surface area contributed by atoms with Gasteiger partial charge in [-0.15, -0.1) is 0 Å². The summed E-state index contributed by atoms with van der Waals surface area (Å²) < 4.78 is 0. The molecule has 2 aromatic carbocycles. The minimum Gasteiger partial charge on any atom is -0.387 e. The van der Waals surface area contributed by atoms with Crippen molar-refractivity contribution in [2.75, 3.05) is 32.7 Å². The molecule has 25 heavy (non-hydrogen) atoms. The Labute approximate surface area is 147 Å². The lowest BCUT2D eigenvalue weighted by atomic mass is 10.1. The summed E-state index contributed by atoms with van der Waals surface area (Å²) in [5, 5.41) is 19.3. The van der Waals surface area contributed by atoms with E-state index < -0.39 is 6.10 Å². The zero-order valence-electron chi connectivity index (χ0n) is 14.0. The molecule has 128 valence electrons. The van der Waals surface area contributed by atoms with Gasteiger partial charge in [0.2, 0.25) is 0 Å². The number of aliphatic hydroxyl groups excluding tert-OH is 1. The van der Waals surface area contributed by atoms with E-state index in [1.54, 1.807) is 24.3 Å². The second-order valence-electron chi connectivity index (χ2n) is 6.21. The third kappa shape index (κ3) is 4.24. The predicted molar refractivity (Wildman–Crippen MR) is 94.9 cm³/mol. The van der Waals surface area contributed by atoms with Crippen molar-refractivity contribution in [3.8, 4) is 6.07 Å². The molecule has 0 radical (unpaired) electrons. The van der Waals surface area contributed by atoms with Crippen LogP contribution in [0.3, 0.4) is 0 Å². The van der Waals surface area contributed by atoms with Crippen molar-refractivity contribution in [2.45, 2.75) is 6.10 Å². The summed E-state index contributed by atoms with van der Waals surface area (Å²) in [6.45, 7) is 3.27. The van der Waals surface area contributed by atoms with Crippen LogP contribution in [0.5, 0.6) is 0 Å². The summed E-state index contributed by atoms with van der Waals surface area (Å²) in [6, 6.07) is 18.5. The van der Waals surface area contributed by atoms with Gasteiger partial charge in [0.15, 0.2) is 0 Å². The minimum atomic E-state index is -0.518. The van der Waals surface area contributed by atoms with E-state index in [1.807, 2.05) is 35.2 Å². The number of hydrogen-bond acceptors (Lipinski definition) is 4. The molecule has 1 saturated heterocycles. The van der Waals surface area contributed by atoms with E-state index in [0.717, 1.165) is 18.7 Å². The van der Waals surface area contributed by atoms with Gasteiger partial charge in [0.25, 0.3) is 5.91 Å². The van der Waals surface area contributed by atoms with Gasteiger partial charge in [-0.1, -0.05) is 36.4 Å². The normalized spacial score (nSPS) is 16.2. The summed E-state index contributed by atoms with van der Waals surface area (Å²) in [5.74, 6) is -0.0413. The Hall–Kier alpha value is -2.68. The fourth-order valence-electron chi connectivity index (χ4n) is 3.06. The first kappa shape index (κ1) is 17.2. The second-order valence-corrected chi connectivity index (χ2v) is 6.21. The predicted octanol–water partition coefficient (Wildman–Crippen LogP) is 2.05. The summed E-state index contributed by atoms with van der Waals surface area (Å²) in [6.07, 6.45) is -0.518. The lowest BCUT2D eigenvalue weighted by Crippen LogP contribution is -2.49. The molecule has 0 bridgehead atoms. The zero-order chi connectivity index (χ0) is 17.6. The Morgan fingerprint density at radius 3 is 2.48 bits per heavy atom. The van der Waals surface area contributed by atoms with E-state index in [0.29, 0.717) is 30.8 Å². The van der Waals surface area contributed by atoms with Crippen LogP contribution in [0.15, 0.2) is 54.6 Å². The molecule has 1 fully saturated rings. The number of rotatable bonds is 4. The first-order valence-corrected chi connectivity index (χ1v) is 8.42. The number of nitrogens with zero attached hydrogens (tertiary/aromatic N) is 3. The van der Waals surface area contributed by atoms with Gasteiger partial charge in [0, 0.05) is 38.3 Å². The lowest BCUT2D eigenvalue weighted by molar-refractivity contribution is 0.0527. The Morgan fingerprint density at radius 1 is 1.08 bits per heavy atom. The van der Waals surface area contributed by atoms with Crippen molar-refractivity contribution in [1.29, 1.82) is 5.26 Å². The van der Waals surface area contributed by atoms with Crippen LogP contribution in [-0.2, 0) is 0 Å². The van der Waals surface area contributed by atoms with Crippen LogP contribution in [0.25, 0.3) is 0 Å². The van der Waals surface area contributed by atoms with Gasteiger partial charge in [-0.25, -0.2) is 0 Å². The monoisotopic (exact) mass is 335 g/mol. The van der Waals surface area contributed by atoms with E-state index >= 15 is 0 Å². The number of hydrogen-bond donors (Lipinski definition) is 1. The van der Waals surface area contributed by atoms with Crippen molar-refractivity contribution < 1.29 is 9.90 Å². The van der Waals surface area contributed by atoms with E-state index in [9.17, 15) is 9.90 Å². The number of benzene rings is 2. The maximum absolute atomic E-state index is 12.6.